The van der Waals surface area contributed by atoms with E-state index in [1.807, 2.05) is 0 Å². The molecule has 0 atom stereocenters. The summed E-state index contributed by atoms with van der Waals surface area (Å²) in [7, 11) is 0. The smallest absolute Gasteiger partial charge is 0.0619 e. The molecule has 0 aliphatic heterocycles. The van der Waals surface area contributed by atoms with Gasteiger partial charge in [-0.25, -0.2) is 0 Å². The van der Waals surface area contributed by atoms with Crippen molar-refractivity contribution in [3.8, 4) is 44.5 Å². The SMILES string of the molecule is Brc1ccc2c(c1)Cc1cc(-c3cc4c(c5ccccc35)-c3ccccc3C43c4ccccc4-c4ccccc43)ccc1-2. The predicted molar refractivity (Wildman–Crippen MR) is 182 cm³/mol. The summed E-state index contributed by atoms with van der Waals surface area (Å²) in [4.78, 5) is 0. The average molecular weight is 610 g/mol. The van der Waals surface area contributed by atoms with Crippen molar-refractivity contribution in [2.75, 3.05) is 0 Å². The van der Waals surface area contributed by atoms with Crippen LogP contribution >= 0.6 is 15.9 Å². The lowest BCUT2D eigenvalue weighted by Gasteiger charge is -2.31. The third kappa shape index (κ3) is 2.96. The van der Waals surface area contributed by atoms with Crippen LogP contribution in [-0.4, -0.2) is 0 Å². The zero-order valence-corrected chi connectivity index (χ0v) is 25.0. The number of rotatable bonds is 1. The van der Waals surface area contributed by atoms with Gasteiger partial charge in [-0.2, -0.15) is 0 Å². The lowest BCUT2D eigenvalue weighted by molar-refractivity contribution is 0.794. The Bertz CT molecular complexity index is 2290. The molecule has 3 aliphatic carbocycles. The minimum Gasteiger partial charge on any atom is -0.0619 e. The molecule has 43 heavy (non-hydrogen) atoms. The summed E-state index contributed by atoms with van der Waals surface area (Å²) >= 11 is 3.68. The number of halogens is 1. The van der Waals surface area contributed by atoms with Crippen LogP contribution in [-0.2, 0) is 11.8 Å². The number of fused-ring (bicyclic) bond motifs is 15. The topological polar surface area (TPSA) is 0 Å². The fourth-order valence-electron chi connectivity index (χ4n) is 8.54. The normalized spacial score (nSPS) is 14.3. The maximum absolute atomic E-state index is 3.68. The molecular formula is C42H25Br. The maximum Gasteiger partial charge on any atom is 0.0725 e. The Balaban J connectivity index is 1.31. The Labute approximate surface area is 259 Å². The lowest BCUT2D eigenvalue weighted by atomic mass is 9.70. The van der Waals surface area contributed by atoms with E-state index in [-0.39, 0.29) is 5.41 Å². The average Bonchev–Trinajstić information content (AvgIpc) is 3.67. The molecule has 3 aliphatic rings. The Morgan fingerprint density at radius 3 is 1.70 bits per heavy atom. The monoisotopic (exact) mass is 608 g/mol. The van der Waals surface area contributed by atoms with Crippen LogP contribution in [0.5, 0.6) is 0 Å². The summed E-state index contributed by atoms with van der Waals surface area (Å²) in [5.74, 6) is 0. The predicted octanol–water partition coefficient (Wildman–Crippen LogP) is 11.2. The third-order valence-electron chi connectivity index (χ3n) is 10.2. The second-order valence-electron chi connectivity index (χ2n) is 12.1. The van der Waals surface area contributed by atoms with Gasteiger partial charge in [0, 0.05) is 4.47 Å². The second kappa shape index (κ2) is 8.43. The highest BCUT2D eigenvalue weighted by molar-refractivity contribution is 9.10. The van der Waals surface area contributed by atoms with Crippen molar-refractivity contribution in [1.82, 2.24) is 0 Å². The van der Waals surface area contributed by atoms with Gasteiger partial charge < -0.3 is 0 Å². The Kier molecular flexibility index (Phi) is 4.67. The summed E-state index contributed by atoms with van der Waals surface area (Å²) in [5, 5.41) is 2.64. The Morgan fingerprint density at radius 1 is 0.419 bits per heavy atom. The van der Waals surface area contributed by atoms with Gasteiger partial charge in [0.2, 0.25) is 0 Å². The second-order valence-corrected chi connectivity index (χ2v) is 13.0. The lowest BCUT2D eigenvalue weighted by Crippen LogP contribution is -2.25. The fourth-order valence-corrected chi connectivity index (χ4v) is 8.94. The van der Waals surface area contributed by atoms with Gasteiger partial charge in [-0.15, -0.1) is 0 Å². The molecule has 1 spiro atoms. The molecule has 0 bridgehead atoms. The molecule has 7 aromatic rings. The molecular weight excluding hydrogens is 584 g/mol. The molecule has 200 valence electrons. The molecule has 7 aromatic carbocycles. The zero-order valence-electron chi connectivity index (χ0n) is 23.4. The van der Waals surface area contributed by atoms with E-state index in [0.717, 1.165) is 10.9 Å². The van der Waals surface area contributed by atoms with Crippen LogP contribution in [0.1, 0.15) is 33.4 Å². The molecule has 0 heterocycles. The van der Waals surface area contributed by atoms with Gasteiger partial charge in [-0.3, -0.25) is 0 Å². The maximum atomic E-state index is 3.68. The van der Waals surface area contributed by atoms with Gasteiger partial charge in [0.25, 0.3) is 0 Å². The van der Waals surface area contributed by atoms with Crippen LogP contribution in [0.2, 0.25) is 0 Å². The van der Waals surface area contributed by atoms with E-state index in [9.17, 15) is 0 Å². The Morgan fingerprint density at radius 2 is 0.977 bits per heavy atom. The van der Waals surface area contributed by atoms with Gasteiger partial charge in [-0.1, -0.05) is 137 Å². The standard InChI is InChI=1S/C42H25Br/c43-28-18-20-30-27(23-28)22-26-21-25(17-19-29(26)30)36-24-40-41(34-12-2-1-9-31(34)36)35-13-5-8-16-39(35)42(40)37-14-6-3-10-32(37)33-11-4-7-15-38(33)42/h1-21,23-24H,22H2. The Hall–Kier alpha value is -4.72. The highest BCUT2D eigenvalue weighted by Crippen LogP contribution is 2.64. The van der Waals surface area contributed by atoms with Crippen molar-refractivity contribution < 1.29 is 0 Å². The minimum atomic E-state index is -0.350. The first-order chi connectivity index (χ1) is 21.2. The van der Waals surface area contributed by atoms with Crippen molar-refractivity contribution in [2.24, 2.45) is 0 Å². The van der Waals surface area contributed by atoms with E-state index in [1.165, 1.54) is 88.7 Å². The van der Waals surface area contributed by atoms with Gasteiger partial charge in [-0.05, 0) is 113 Å². The van der Waals surface area contributed by atoms with E-state index in [1.54, 1.807) is 0 Å². The summed E-state index contributed by atoms with van der Waals surface area (Å²) in [6.07, 6.45) is 0.969. The van der Waals surface area contributed by atoms with E-state index in [2.05, 4.69) is 155 Å². The van der Waals surface area contributed by atoms with Crippen molar-refractivity contribution in [1.29, 1.82) is 0 Å². The van der Waals surface area contributed by atoms with Crippen LogP contribution in [0.25, 0.3) is 55.3 Å². The molecule has 0 radical (unpaired) electrons. The molecule has 0 saturated carbocycles. The fraction of sp³-hybridized carbons (Fsp3) is 0.0476. The quantitative estimate of drug-likeness (QED) is 0.174. The number of hydrogen-bond acceptors (Lipinski definition) is 0. The van der Waals surface area contributed by atoms with E-state index >= 15 is 0 Å². The van der Waals surface area contributed by atoms with Crippen LogP contribution in [0.3, 0.4) is 0 Å². The summed E-state index contributed by atoms with van der Waals surface area (Å²) < 4.78 is 1.14. The van der Waals surface area contributed by atoms with Crippen LogP contribution in [0, 0.1) is 0 Å². The molecule has 0 N–H and O–H groups in total. The van der Waals surface area contributed by atoms with Crippen LogP contribution in [0.15, 0.2) is 144 Å². The first-order valence-electron chi connectivity index (χ1n) is 15.0. The minimum absolute atomic E-state index is 0.350. The van der Waals surface area contributed by atoms with Crippen LogP contribution < -0.4 is 0 Å². The van der Waals surface area contributed by atoms with E-state index in [4.69, 9.17) is 0 Å². The largest absolute Gasteiger partial charge is 0.0725 e. The zero-order chi connectivity index (χ0) is 28.3. The van der Waals surface area contributed by atoms with Crippen molar-refractivity contribution in [3.05, 3.63) is 177 Å². The third-order valence-corrected chi connectivity index (χ3v) is 10.6. The summed E-state index contributed by atoms with van der Waals surface area (Å²) in [6.45, 7) is 0. The van der Waals surface area contributed by atoms with Crippen molar-refractivity contribution in [3.63, 3.8) is 0 Å². The van der Waals surface area contributed by atoms with Crippen LogP contribution in [0.4, 0.5) is 0 Å². The molecule has 1 heteroatoms. The first-order valence-corrected chi connectivity index (χ1v) is 15.8. The number of benzene rings is 7. The molecule has 0 fully saturated rings. The van der Waals surface area contributed by atoms with Gasteiger partial charge in [0.1, 0.15) is 0 Å². The summed E-state index contributed by atoms with van der Waals surface area (Å²) in [6, 6.07) is 52.7. The van der Waals surface area contributed by atoms with Gasteiger partial charge in [0.05, 0.1) is 5.41 Å². The highest BCUT2D eigenvalue weighted by atomic mass is 79.9. The summed E-state index contributed by atoms with van der Waals surface area (Å²) in [5.41, 5.74) is 18.7. The van der Waals surface area contributed by atoms with Crippen molar-refractivity contribution in [2.45, 2.75) is 11.8 Å². The molecule has 10 rings (SSSR count). The van der Waals surface area contributed by atoms with E-state index < -0.39 is 0 Å². The molecule has 0 amide bonds. The van der Waals surface area contributed by atoms with Gasteiger partial charge >= 0.3 is 0 Å². The highest BCUT2D eigenvalue weighted by Gasteiger charge is 2.52. The molecule has 0 unspecified atom stereocenters. The molecule has 0 aromatic heterocycles. The van der Waals surface area contributed by atoms with E-state index in [0.29, 0.717) is 0 Å². The van der Waals surface area contributed by atoms with Crippen molar-refractivity contribution >= 4 is 26.7 Å². The molecule has 0 nitrogen and oxygen atoms in total. The molecule has 0 saturated heterocycles. The van der Waals surface area contributed by atoms with Gasteiger partial charge in [0.15, 0.2) is 0 Å². The first kappa shape index (κ1) is 23.8. The number of hydrogen-bond donors (Lipinski definition) is 0.